The second-order valence-electron chi connectivity index (χ2n) is 9.61. The van der Waals surface area contributed by atoms with Gasteiger partial charge in [-0.05, 0) is 38.5 Å². The Bertz CT molecular complexity index is 593. The zero-order valence-electron chi connectivity index (χ0n) is 24.3. The van der Waals surface area contributed by atoms with Crippen molar-refractivity contribution in [3.8, 4) is 0 Å². The number of carbonyl (C=O) groups excluding carboxylic acids is 4. The van der Waals surface area contributed by atoms with Crippen LogP contribution >= 0.6 is 0 Å². The van der Waals surface area contributed by atoms with Crippen LogP contribution in [0.2, 0.25) is 0 Å². The van der Waals surface area contributed by atoms with E-state index in [1.54, 1.807) is 0 Å². The molecular formula is C28H54N4O6. The van der Waals surface area contributed by atoms with Gasteiger partial charge in [0.1, 0.15) is 13.2 Å². The molecular weight excluding hydrogens is 488 g/mol. The van der Waals surface area contributed by atoms with Gasteiger partial charge in [0.25, 0.3) is 0 Å². The SMILES string of the molecule is CCCCC(CC)C(=O)OCCNC(=O)NCCCCCCNC(=O)NCCOC(=O)C(CC)CCCC. The first-order valence-electron chi connectivity index (χ1n) is 14.8. The van der Waals surface area contributed by atoms with Crippen molar-refractivity contribution in [1.29, 1.82) is 0 Å². The predicted molar refractivity (Wildman–Crippen MR) is 150 cm³/mol. The predicted octanol–water partition coefficient (Wildman–Crippen LogP) is 4.66. The van der Waals surface area contributed by atoms with E-state index in [1.807, 2.05) is 13.8 Å². The first-order valence-corrected chi connectivity index (χ1v) is 14.8. The Labute approximate surface area is 230 Å². The fourth-order valence-corrected chi connectivity index (χ4v) is 3.88. The Hall–Kier alpha value is -2.52. The lowest BCUT2D eigenvalue weighted by Gasteiger charge is -2.14. The lowest BCUT2D eigenvalue weighted by Crippen LogP contribution is -2.38. The molecule has 0 heterocycles. The Morgan fingerprint density at radius 2 is 0.895 bits per heavy atom. The Morgan fingerprint density at radius 1 is 0.526 bits per heavy atom. The van der Waals surface area contributed by atoms with Crippen molar-refractivity contribution in [3.05, 3.63) is 0 Å². The summed E-state index contributed by atoms with van der Waals surface area (Å²) in [5.41, 5.74) is 0. The highest BCUT2D eigenvalue weighted by atomic mass is 16.5. The lowest BCUT2D eigenvalue weighted by molar-refractivity contribution is -0.149. The summed E-state index contributed by atoms with van der Waals surface area (Å²) >= 11 is 0. The second-order valence-corrected chi connectivity index (χ2v) is 9.61. The maximum absolute atomic E-state index is 12.0. The normalized spacial score (nSPS) is 12.2. The third-order valence-electron chi connectivity index (χ3n) is 6.40. The van der Waals surface area contributed by atoms with Crippen molar-refractivity contribution in [2.45, 2.75) is 105 Å². The minimum atomic E-state index is -0.269. The molecule has 0 fully saturated rings. The molecule has 0 saturated carbocycles. The third-order valence-corrected chi connectivity index (χ3v) is 6.40. The summed E-state index contributed by atoms with van der Waals surface area (Å²) in [6.07, 6.45) is 10.9. The van der Waals surface area contributed by atoms with Gasteiger partial charge < -0.3 is 30.7 Å². The number of urea groups is 2. The van der Waals surface area contributed by atoms with Crippen LogP contribution in [-0.2, 0) is 19.1 Å². The molecule has 222 valence electrons. The van der Waals surface area contributed by atoms with Crippen LogP contribution in [0, 0.1) is 11.8 Å². The van der Waals surface area contributed by atoms with E-state index in [1.165, 1.54) is 0 Å². The monoisotopic (exact) mass is 542 g/mol. The van der Waals surface area contributed by atoms with E-state index >= 15 is 0 Å². The highest BCUT2D eigenvalue weighted by Gasteiger charge is 2.18. The molecule has 2 unspecified atom stereocenters. The third kappa shape index (κ3) is 19.6. The average molecular weight is 543 g/mol. The molecule has 0 aliphatic rings. The average Bonchev–Trinajstić information content (AvgIpc) is 2.91. The molecule has 0 aliphatic heterocycles. The smallest absolute Gasteiger partial charge is 0.314 e. The van der Waals surface area contributed by atoms with Crippen molar-refractivity contribution < 1.29 is 28.7 Å². The fraction of sp³-hybridized carbons (Fsp3) is 0.857. The largest absolute Gasteiger partial charge is 0.464 e. The van der Waals surface area contributed by atoms with Crippen molar-refractivity contribution in [1.82, 2.24) is 21.3 Å². The van der Waals surface area contributed by atoms with E-state index in [4.69, 9.17) is 9.47 Å². The number of amides is 4. The number of rotatable bonds is 23. The van der Waals surface area contributed by atoms with Gasteiger partial charge in [-0.15, -0.1) is 0 Å². The summed E-state index contributed by atoms with van der Waals surface area (Å²) in [6, 6.07) is -0.538. The van der Waals surface area contributed by atoms with E-state index in [-0.39, 0.29) is 62.1 Å². The lowest BCUT2D eigenvalue weighted by atomic mass is 10.00. The van der Waals surface area contributed by atoms with Crippen LogP contribution in [0.15, 0.2) is 0 Å². The van der Waals surface area contributed by atoms with Gasteiger partial charge in [-0.25, -0.2) is 9.59 Å². The minimum absolute atomic E-state index is 0.0569. The maximum atomic E-state index is 12.0. The molecule has 4 amide bonds. The molecule has 10 nitrogen and oxygen atoms in total. The Kier molecular flexibility index (Phi) is 23.2. The van der Waals surface area contributed by atoms with E-state index < -0.39 is 0 Å². The molecule has 4 N–H and O–H groups in total. The second kappa shape index (κ2) is 24.8. The van der Waals surface area contributed by atoms with E-state index in [0.29, 0.717) is 13.1 Å². The molecule has 0 aliphatic carbocycles. The van der Waals surface area contributed by atoms with Crippen LogP contribution in [0.3, 0.4) is 0 Å². The summed E-state index contributed by atoms with van der Waals surface area (Å²) in [6.45, 7) is 10.2. The molecule has 0 aromatic heterocycles. The van der Waals surface area contributed by atoms with Gasteiger partial charge in [-0.3, -0.25) is 9.59 Å². The minimum Gasteiger partial charge on any atom is -0.464 e. The highest BCUT2D eigenvalue weighted by molar-refractivity contribution is 5.74. The summed E-state index contributed by atoms with van der Waals surface area (Å²) < 4.78 is 10.5. The van der Waals surface area contributed by atoms with E-state index in [0.717, 1.165) is 77.0 Å². The highest BCUT2D eigenvalue weighted by Crippen LogP contribution is 2.15. The van der Waals surface area contributed by atoms with Gasteiger partial charge >= 0.3 is 24.0 Å². The molecule has 0 aromatic rings. The Morgan fingerprint density at radius 3 is 1.24 bits per heavy atom. The summed E-state index contributed by atoms with van der Waals surface area (Å²) in [7, 11) is 0. The number of ether oxygens (including phenoxy) is 2. The molecule has 0 aromatic carbocycles. The number of unbranched alkanes of at least 4 members (excludes halogenated alkanes) is 5. The van der Waals surface area contributed by atoms with Gasteiger partial charge in [-0.2, -0.15) is 0 Å². The van der Waals surface area contributed by atoms with Gasteiger partial charge in [-0.1, -0.05) is 66.2 Å². The van der Waals surface area contributed by atoms with Crippen LogP contribution in [0.25, 0.3) is 0 Å². The quantitative estimate of drug-likeness (QED) is 0.110. The molecule has 2 atom stereocenters. The number of hydrogen-bond acceptors (Lipinski definition) is 6. The zero-order valence-corrected chi connectivity index (χ0v) is 24.3. The number of hydrogen-bond donors (Lipinski definition) is 4. The van der Waals surface area contributed by atoms with Crippen molar-refractivity contribution in [2.24, 2.45) is 11.8 Å². The summed E-state index contributed by atoms with van der Waals surface area (Å²) in [5, 5.41) is 11.0. The molecule has 38 heavy (non-hydrogen) atoms. The summed E-state index contributed by atoms with van der Waals surface area (Å²) in [5.74, 6) is -0.477. The molecule has 0 radical (unpaired) electrons. The van der Waals surface area contributed by atoms with Crippen LogP contribution in [-0.4, -0.2) is 63.4 Å². The number of nitrogens with one attached hydrogen (secondary N) is 4. The molecule has 10 heteroatoms. The van der Waals surface area contributed by atoms with Crippen molar-refractivity contribution in [3.63, 3.8) is 0 Å². The van der Waals surface area contributed by atoms with Crippen molar-refractivity contribution >= 4 is 24.0 Å². The van der Waals surface area contributed by atoms with Crippen LogP contribution in [0.5, 0.6) is 0 Å². The fourth-order valence-electron chi connectivity index (χ4n) is 3.88. The van der Waals surface area contributed by atoms with Gasteiger partial charge in [0.15, 0.2) is 0 Å². The zero-order chi connectivity index (χ0) is 28.4. The van der Waals surface area contributed by atoms with Crippen LogP contribution < -0.4 is 21.3 Å². The molecule has 0 bridgehead atoms. The summed E-state index contributed by atoms with van der Waals surface area (Å²) in [4.78, 5) is 47.7. The van der Waals surface area contributed by atoms with Gasteiger partial charge in [0.2, 0.25) is 0 Å². The Balaban J connectivity index is 3.62. The van der Waals surface area contributed by atoms with Gasteiger partial charge in [0, 0.05) is 13.1 Å². The van der Waals surface area contributed by atoms with Crippen LogP contribution in [0.1, 0.15) is 105 Å². The van der Waals surface area contributed by atoms with Gasteiger partial charge in [0.05, 0.1) is 24.9 Å². The first kappa shape index (κ1) is 35.5. The first-order chi connectivity index (χ1) is 18.4. The van der Waals surface area contributed by atoms with Crippen molar-refractivity contribution in [2.75, 3.05) is 39.4 Å². The molecule has 0 saturated heterocycles. The van der Waals surface area contributed by atoms with E-state index in [9.17, 15) is 19.2 Å². The van der Waals surface area contributed by atoms with E-state index in [2.05, 4.69) is 35.1 Å². The standard InChI is InChI=1S/C28H54N4O6/c1-5-9-15-23(7-3)25(33)37-21-19-31-27(35)29-17-13-11-12-14-18-30-28(36)32-20-22-38-26(34)24(8-4)16-10-6-2/h23-24H,5-22H2,1-4H3,(H2,29,31,35)(H2,30,32,36). The maximum Gasteiger partial charge on any atom is 0.314 e. The number of carbonyl (C=O) groups is 4. The topological polar surface area (TPSA) is 135 Å². The molecule has 0 spiro atoms. The molecule has 0 rings (SSSR count). The van der Waals surface area contributed by atoms with Crippen LogP contribution in [0.4, 0.5) is 9.59 Å². The number of esters is 2.